The van der Waals surface area contributed by atoms with Crippen LogP contribution in [0.1, 0.15) is 18.2 Å². The van der Waals surface area contributed by atoms with Crippen molar-refractivity contribution >= 4 is 39.9 Å². The van der Waals surface area contributed by atoms with E-state index in [1.807, 2.05) is 41.8 Å². The number of aliphatic imine (C=N–C) groups is 1. The van der Waals surface area contributed by atoms with Gasteiger partial charge in [-0.2, -0.15) is 0 Å². The van der Waals surface area contributed by atoms with Crippen LogP contribution in [-0.4, -0.2) is 23.4 Å². The fourth-order valence-corrected chi connectivity index (χ4v) is 3.33. The average Bonchev–Trinajstić information content (AvgIpc) is 3.29. The number of furan rings is 1. The first-order valence-electron chi connectivity index (χ1n) is 8.60. The minimum absolute atomic E-state index is 0.108. The second-order valence-electron chi connectivity index (χ2n) is 5.99. The van der Waals surface area contributed by atoms with Gasteiger partial charge in [-0.1, -0.05) is 23.7 Å². The second kappa shape index (κ2) is 9.38. The molecule has 146 valence electrons. The van der Waals surface area contributed by atoms with Gasteiger partial charge in [-0.15, -0.1) is 11.3 Å². The van der Waals surface area contributed by atoms with Crippen molar-refractivity contribution in [2.75, 3.05) is 11.9 Å². The van der Waals surface area contributed by atoms with Gasteiger partial charge in [-0.05, 0) is 36.2 Å². The van der Waals surface area contributed by atoms with Crippen molar-refractivity contribution < 1.29 is 9.21 Å². The Bertz CT molecular complexity index is 982. The number of rotatable bonds is 7. The highest BCUT2D eigenvalue weighted by Gasteiger charge is 2.10. The number of nitrogens with zero attached hydrogens (tertiary/aromatic N) is 2. The largest absolute Gasteiger partial charge is 0.458 e. The number of hydrogen-bond donors (Lipinski definition) is 3. The van der Waals surface area contributed by atoms with Crippen molar-refractivity contribution in [1.29, 1.82) is 0 Å². The lowest BCUT2D eigenvalue weighted by atomic mass is 10.1. The third kappa shape index (κ3) is 5.83. The molecule has 0 spiro atoms. The van der Waals surface area contributed by atoms with Crippen LogP contribution in [0.3, 0.4) is 0 Å². The van der Waals surface area contributed by atoms with E-state index in [-0.39, 0.29) is 5.91 Å². The number of carbonyl (C=O) groups is 1. The highest BCUT2D eigenvalue weighted by Crippen LogP contribution is 2.26. The summed E-state index contributed by atoms with van der Waals surface area (Å²) < 4.78 is 5.69. The topological polar surface area (TPSA) is 106 Å². The molecular formula is C19H20ClN5O2S. The molecule has 28 heavy (non-hydrogen) atoms. The van der Waals surface area contributed by atoms with E-state index in [9.17, 15) is 4.79 Å². The fraction of sp³-hybridized carbons (Fsp3) is 0.211. The second-order valence-corrected chi connectivity index (χ2v) is 7.28. The molecule has 9 heteroatoms. The summed E-state index contributed by atoms with van der Waals surface area (Å²) in [4.78, 5) is 19.7. The van der Waals surface area contributed by atoms with Gasteiger partial charge in [-0.3, -0.25) is 9.79 Å². The summed E-state index contributed by atoms with van der Waals surface area (Å²) in [5, 5.41) is 8.87. The van der Waals surface area contributed by atoms with E-state index >= 15 is 0 Å². The normalized spacial score (nSPS) is 11.4. The Labute approximate surface area is 171 Å². The lowest BCUT2D eigenvalue weighted by Gasteiger charge is -2.02. The van der Waals surface area contributed by atoms with Crippen molar-refractivity contribution in [2.45, 2.75) is 19.9 Å². The first-order chi connectivity index (χ1) is 13.5. The number of nitrogens with one attached hydrogen (secondary N) is 2. The molecule has 7 nitrogen and oxygen atoms in total. The summed E-state index contributed by atoms with van der Waals surface area (Å²) in [6, 6.07) is 11.3. The Morgan fingerprint density at radius 3 is 3.00 bits per heavy atom. The van der Waals surface area contributed by atoms with Gasteiger partial charge in [0.05, 0.1) is 6.54 Å². The van der Waals surface area contributed by atoms with Crippen molar-refractivity contribution in [2.24, 2.45) is 10.7 Å². The highest BCUT2D eigenvalue weighted by molar-refractivity contribution is 7.14. The molecule has 0 radical (unpaired) electrons. The van der Waals surface area contributed by atoms with Crippen molar-refractivity contribution in [3.05, 3.63) is 58.1 Å². The number of guanidine groups is 1. The van der Waals surface area contributed by atoms with E-state index in [1.54, 1.807) is 0 Å². The number of thiazole rings is 1. The maximum atomic E-state index is 11.0. The van der Waals surface area contributed by atoms with Gasteiger partial charge in [0.1, 0.15) is 11.5 Å². The molecular weight excluding hydrogens is 398 g/mol. The van der Waals surface area contributed by atoms with Gasteiger partial charge in [0.2, 0.25) is 5.91 Å². The third-order valence-electron chi connectivity index (χ3n) is 3.74. The van der Waals surface area contributed by atoms with Crippen LogP contribution < -0.4 is 16.4 Å². The van der Waals surface area contributed by atoms with E-state index in [2.05, 4.69) is 20.6 Å². The maximum Gasteiger partial charge on any atom is 0.217 e. The van der Waals surface area contributed by atoms with Crippen LogP contribution in [0, 0.1) is 0 Å². The van der Waals surface area contributed by atoms with Crippen LogP contribution in [0.5, 0.6) is 0 Å². The standard InChI is InChI=1S/C19H20ClN5O2S/c1-12(26)23-10-15-5-6-17(27-15)16-11-28-19(24-16)25-18(21)22-8-7-13-3-2-4-14(20)9-13/h2-6,9,11H,7-8,10H2,1H3,(H,23,26)(H3,21,22,24,25). The molecule has 4 N–H and O–H groups in total. The number of hydrogen-bond acceptors (Lipinski definition) is 5. The van der Waals surface area contributed by atoms with Crippen molar-refractivity contribution in [3.8, 4) is 11.5 Å². The lowest BCUT2D eigenvalue weighted by Crippen LogP contribution is -2.23. The number of carbonyl (C=O) groups excluding carboxylic acids is 1. The minimum atomic E-state index is -0.108. The number of amides is 1. The van der Waals surface area contributed by atoms with E-state index in [1.165, 1.54) is 18.3 Å². The monoisotopic (exact) mass is 417 g/mol. The Morgan fingerprint density at radius 2 is 2.21 bits per heavy atom. The molecule has 0 fully saturated rings. The highest BCUT2D eigenvalue weighted by atomic mass is 35.5. The van der Waals surface area contributed by atoms with Crippen LogP contribution in [0.4, 0.5) is 5.13 Å². The zero-order chi connectivity index (χ0) is 19.9. The minimum Gasteiger partial charge on any atom is -0.458 e. The quantitative estimate of drug-likeness (QED) is 0.402. The summed E-state index contributed by atoms with van der Waals surface area (Å²) >= 11 is 7.38. The van der Waals surface area contributed by atoms with Gasteiger partial charge < -0.3 is 20.8 Å². The number of anilines is 1. The molecule has 0 saturated heterocycles. The zero-order valence-electron chi connectivity index (χ0n) is 15.2. The van der Waals surface area contributed by atoms with E-state index in [4.69, 9.17) is 21.8 Å². The van der Waals surface area contributed by atoms with Gasteiger partial charge in [0.15, 0.2) is 16.9 Å². The zero-order valence-corrected chi connectivity index (χ0v) is 16.8. The Hall–Kier alpha value is -2.84. The molecule has 0 saturated carbocycles. The molecule has 1 amide bonds. The number of aromatic nitrogens is 1. The van der Waals surface area contributed by atoms with Crippen LogP contribution >= 0.6 is 22.9 Å². The maximum absolute atomic E-state index is 11.0. The predicted molar refractivity (Wildman–Crippen MR) is 113 cm³/mol. The van der Waals surface area contributed by atoms with Crippen LogP contribution in [0.15, 0.2) is 51.2 Å². The van der Waals surface area contributed by atoms with Gasteiger partial charge in [0, 0.05) is 23.9 Å². The van der Waals surface area contributed by atoms with E-state index < -0.39 is 0 Å². The number of halogens is 1. The van der Waals surface area contributed by atoms with E-state index in [0.717, 1.165) is 12.0 Å². The van der Waals surface area contributed by atoms with Crippen LogP contribution in [-0.2, 0) is 17.8 Å². The Kier molecular flexibility index (Phi) is 6.67. The molecule has 0 unspecified atom stereocenters. The van der Waals surface area contributed by atoms with Crippen molar-refractivity contribution in [1.82, 2.24) is 10.3 Å². The smallest absolute Gasteiger partial charge is 0.217 e. The molecule has 1 aromatic carbocycles. The first kappa shape index (κ1) is 19.9. The first-order valence-corrected chi connectivity index (χ1v) is 9.86. The summed E-state index contributed by atoms with van der Waals surface area (Å²) in [6.07, 6.45) is 0.746. The third-order valence-corrected chi connectivity index (χ3v) is 4.73. The van der Waals surface area contributed by atoms with E-state index in [0.29, 0.717) is 46.4 Å². The van der Waals surface area contributed by atoms with Gasteiger partial charge in [0.25, 0.3) is 0 Å². The molecule has 0 bridgehead atoms. The molecule has 0 aliphatic carbocycles. The molecule has 0 atom stereocenters. The average molecular weight is 418 g/mol. The van der Waals surface area contributed by atoms with Crippen LogP contribution in [0.25, 0.3) is 11.5 Å². The summed E-state index contributed by atoms with van der Waals surface area (Å²) in [5.41, 5.74) is 7.73. The lowest BCUT2D eigenvalue weighted by molar-refractivity contribution is -0.119. The number of benzene rings is 1. The van der Waals surface area contributed by atoms with Gasteiger partial charge in [-0.25, -0.2) is 4.98 Å². The molecule has 3 rings (SSSR count). The molecule has 2 aromatic heterocycles. The van der Waals surface area contributed by atoms with Crippen LogP contribution in [0.2, 0.25) is 5.02 Å². The molecule has 3 aromatic rings. The fourth-order valence-electron chi connectivity index (χ4n) is 2.41. The van der Waals surface area contributed by atoms with Crippen molar-refractivity contribution in [3.63, 3.8) is 0 Å². The summed E-state index contributed by atoms with van der Waals surface area (Å²) in [6.45, 7) is 2.35. The Morgan fingerprint density at radius 1 is 1.36 bits per heavy atom. The molecule has 0 aliphatic rings. The SMILES string of the molecule is CC(=O)NCc1ccc(-c2csc(NC(N)=NCCc3cccc(Cl)c3)n2)o1. The number of nitrogens with two attached hydrogens (primary N) is 1. The molecule has 0 aliphatic heterocycles. The molecule has 2 heterocycles. The summed E-state index contributed by atoms with van der Waals surface area (Å²) in [7, 11) is 0. The van der Waals surface area contributed by atoms with Gasteiger partial charge >= 0.3 is 0 Å². The Balaban J connectivity index is 1.54. The summed E-state index contributed by atoms with van der Waals surface area (Å²) in [5.74, 6) is 1.48. The predicted octanol–water partition coefficient (Wildman–Crippen LogP) is 3.66.